The molecule has 2 amide bonds. The normalized spacial score (nSPS) is 32.8. The zero-order valence-corrected chi connectivity index (χ0v) is 19.9. The maximum absolute atomic E-state index is 13.7. The predicted octanol–water partition coefficient (Wildman–Crippen LogP) is 2.77. The molecule has 6 heteroatoms. The van der Waals surface area contributed by atoms with Gasteiger partial charge < -0.3 is 15.4 Å². The molecule has 1 aromatic rings. The predicted molar refractivity (Wildman–Crippen MR) is 128 cm³/mol. The van der Waals surface area contributed by atoms with Crippen LogP contribution in [-0.4, -0.2) is 61.6 Å². The molecule has 4 bridgehead atoms. The van der Waals surface area contributed by atoms with E-state index in [1.165, 1.54) is 19.3 Å². The van der Waals surface area contributed by atoms with Gasteiger partial charge in [0.2, 0.25) is 11.8 Å². The van der Waals surface area contributed by atoms with Crippen molar-refractivity contribution in [3.63, 3.8) is 0 Å². The van der Waals surface area contributed by atoms with Gasteiger partial charge >= 0.3 is 0 Å². The Bertz CT molecular complexity index is 801. The van der Waals surface area contributed by atoms with Crippen molar-refractivity contribution in [1.29, 1.82) is 0 Å². The van der Waals surface area contributed by atoms with Gasteiger partial charge in [0, 0.05) is 37.5 Å². The maximum atomic E-state index is 13.7. The SMILES string of the molecule is CC(CN1CCOCC1)NC(=O)C(Cc1ccccc1)NC(=O)C12CC3CC(CC(C3)C1)C2. The first-order valence-corrected chi connectivity index (χ1v) is 12.9. The molecule has 5 aliphatic rings. The van der Waals surface area contributed by atoms with Crippen LogP contribution < -0.4 is 10.6 Å². The number of carbonyl (C=O) groups excluding carboxylic acids is 2. The second-order valence-corrected chi connectivity index (χ2v) is 11.2. The number of benzene rings is 1. The molecule has 33 heavy (non-hydrogen) atoms. The van der Waals surface area contributed by atoms with E-state index in [9.17, 15) is 9.59 Å². The Morgan fingerprint density at radius 3 is 2.21 bits per heavy atom. The number of hydrogen-bond acceptors (Lipinski definition) is 4. The molecule has 180 valence electrons. The highest BCUT2D eigenvalue weighted by Crippen LogP contribution is 2.60. The summed E-state index contributed by atoms with van der Waals surface area (Å²) in [5, 5.41) is 6.44. The Hall–Kier alpha value is -1.92. The number of amides is 2. The van der Waals surface area contributed by atoms with Crippen LogP contribution in [0.5, 0.6) is 0 Å². The van der Waals surface area contributed by atoms with E-state index in [4.69, 9.17) is 4.74 Å². The Labute approximate surface area is 197 Å². The Morgan fingerprint density at radius 2 is 1.61 bits per heavy atom. The van der Waals surface area contributed by atoms with Crippen molar-refractivity contribution >= 4 is 11.8 Å². The van der Waals surface area contributed by atoms with E-state index >= 15 is 0 Å². The van der Waals surface area contributed by atoms with E-state index in [1.807, 2.05) is 37.3 Å². The molecule has 1 heterocycles. The molecule has 2 atom stereocenters. The van der Waals surface area contributed by atoms with Gasteiger partial charge in [0.25, 0.3) is 0 Å². The third kappa shape index (κ3) is 5.27. The van der Waals surface area contributed by atoms with E-state index in [-0.39, 0.29) is 23.3 Å². The van der Waals surface area contributed by atoms with Crippen LogP contribution in [-0.2, 0) is 20.7 Å². The number of carbonyl (C=O) groups is 2. The van der Waals surface area contributed by atoms with Gasteiger partial charge in [0.1, 0.15) is 6.04 Å². The quantitative estimate of drug-likeness (QED) is 0.635. The van der Waals surface area contributed by atoms with Crippen molar-refractivity contribution in [3.8, 4) is 0 Å². The molecular formula is C27H39N3O3. The van der Waals surface area contributed by atoms with Crippen molar-refractivity contribution in [2.24, 2.45) is 23.2 Å². The van der Waals surface area contributed by atoms with Crippen molar-refractivity contribution in [1.82, 2.24) is 15.5 Å². The third-order valence-electron chi connectivity index (χ3n) is 8.45. The lowest BCUT2D eigenvalue weighted by Gasteiger charge is -2.55. The number of nitrogens with one attached hydrogen (secondary N) is 2. The standard InChI is InChI=1S/C27H39N3O3/c1-19(18-30-7-9-33-10-8-30)28-25(31)24(14-20-5-3-2-4-6-20)29-26(32)27-15-21-11-22(16-27)13-23(12-21)17-27/h2-6,19,21-24H,7-18H2,1H3,(H,28,31)(H,29,32). The monoisotopic (exact) mass is 453 g/mol. The molecule has 4 aliphatic carbocycles. The van der Waals surface area contributed by atoms with Gasteiger partial charge in [-0.05, 0) is 68.8 Å². The zero-order valence-electron chi connectivity index (χ0n) is 19.9. The average molecular weight is 454 g/mol. The lowest BCUT2D eigenvalue weighted by molar-refractivity contribution is -0.148. The highest BCUT2D eigenvalue weighted by atomic mass is 16.5. The van der Waals surface area contributed by atoms with Crippen molar-refractivity contribution in [2.45, 2.75) is 64.0 Å². The number of ether oxygens (including phenoxy) is 1. The molecule has 2 unspecified atom stereocenters. The van der Waals surface area contributed by atoms with Gasteiger partial charge in [0.05, 0.1) is 13.2 Å². The van der Waals surface area contributed by atoms with Crippen LogP contribution in [0.4, 0.5) is 0 Å². The highest BCUT2D eigenvalue weighted by Gasteiger charge is 2.55. The molecule has 1 aromatic carbocycles. The van der Waals surface area contributed by atoms with Crippen LogP contribution in [0.15, 0.2) is 30.3 Å². The van der Waals surface area contributed by atoms with Crippen LogP contribution in [0, 0.1) is 23.2 Å². The van der Waals surface area contributed by atoms with E-state index in [0.717, 1.165) is 57.7 Å². The zero-order chi connectivity index (χ0) is 22.8. The first kappa shape index (κ1) is 22.9. The van der Waals surface area contributed by atoms with E-state index in [0.29, 0.717) is 24.2 Å². The van der Waals surface area contributed by atoms with Gasteiger partial charge in [-0.1, -0.05) is 30.3 Å². The van der Waals surface area contributed by atoms with Gasteiger partial charge in [-0.15, -0.1) is 0 Å². The van der Waals surface area contributed by atoms with Gasteiger partial charge in [-0.25, -0.2) is 0 Å². The molecule has 0 spiro atoms. The number of hydrogen-bond donors (Lipinski definition) is 2. The smallest absolute Gasteiger partial charge is 0.243 e. The largest absolute Gasteiger partial charge is 0.379 e. The first-order valence-electron chi connectivity index (χ1n) is 12.9. The molecule has 6 rings (SSSR count). The second kappa shape index (κ2) is 9.75. The molecular weight excluding hydrogens is 414 g/mol. The fourth-order valence-electron chi connectivity index (χ4n) is 7.32. The molecule has 0 aromatic heterocycles. The van der Waals surface area contributed by atoms with Crippen LogP contribution in [0.25, 0.3) is 0 Å². The van der Waals surface area contributed by atoms with Crippen molar-refractivity contribution in [2.75, 3.05) is 32.8 Å². The summed E-state index contributed by atoms with van der Waals surface area (Å²) in [6.07, 6.45) is 7.47. The van der Waals surface area contributed by atoms with Crippen molar-refractivity contribution < 1.29 is 14.3 Å². The molecule has 0 radical (unpaired) electrons. The van der Waals surface area contributed by atoms with Gasteiger partial charge in [0.15, 0.2) is 0 Å². The fourth-order valence-corrected chi connectivity index (χ4v) is 7.32. The summed E-state index contributed by atoms with van der Waals surface area (Å²) in [6.45, 7) is 6.15. The minimum Gasteiger partial charge on any atom is -0.379 e. The fraction of sp³-hybridized carbons (Fsp3) is 0.704. The summed E-state index contributed by atoms with van der Waals surface area (Å²) in [4.78, 5) is 29.4. The molecule has 1 aliphatic heterocycles. The van der Waals surface area contributed by atoms with Crippen LogP contribution in [0.2, 0.25) is 0 Å². The number of rotatable bonds is 8. The molecule has 1 saturated heterocycles. The first-order chi connectivity index (χ1) is 16.0. The maximum Gasteiger partial charge on any atom is 0.243 e. The average Bonchev–Trinajstić information content (AvgIpc) is 2.79. The summed E-state index contributed by atoms with van der Waals surface area (Å²) in [5.74, 6) is 2.17. The Morgan fingerprint density at radius 1 is 1.00 bits per heavy atom. The molecule has 6 nitrogen and oxygen atoms in total. The van der Waals surface area contributed by atoms with Gasteiger partial charge in [-0.2, -0.15) is 0 Å². The van der Waals surface area contributed by atoms with Crippen LogP contribution >= 0.6 is 0 Å². The minimum absolute atomic E-state index is 0.0188. The van der Waals surface area contributed by atoms with Gasteiger partial charge in [-0.3, -0.25) is 14.5 Å². The van der Waals surface area contributed by atoms with Crippen LogP contribution in [0.3, 0.4) is 0 Å². The lowest BCUT2D eigenvalue weighted by atomic mass is 9.49. The van der Waals surface area contributed by atoms with E-state index in [2.05, 4.69) is 15.5 Å². The summed E-state index contributed by atoms with van der Waals surface area (Å²) in [6, 6.07) is 9.52. The number of nitrogens with zero attached hydrogens (tertiary/aromatic N) is 1. The summed E-state index contributed by atoms with van der Waals surface area (Å²) >= 11 is 0. The topological polar surface area (TPSA) is 70.7 Å². The molecule has 5 fully saturated rings. The summed E-state index contributed by atoms with van der Waals surface area (Å²) in [7, 11) is 0. The highest BCUT2D eigenvalue weighted by molar-refractivity contribution is 5.90. The van der Waals surface area contributed by atoms with E-state index < -0.39 is 6.04 Å². The minimum atomic E-state index is -0.542. The lowest BCUT2D eigenvalue weighted by Crippen LogP contribution is -2.58. The molecule has 2 N–H and O–H groups in total. The van der Waals surface area contributed by atoms with Crippen molar-refractivity contribution in [3.05, 3.63) is 35.9 Å². The van der Waals surface area contributed by atoms with Crippen LogP contribution in [0.1, 0.15) is 51.0 Å². The third-order valence-corrected chi connectivity index (χ3v) is 8.45. The second-order valence-electron chi connectivity index (χ2n) is 11.2. The van der Waals surface area contributed by atoms with E-state index in [1.54, 1.807) is 0 Å². The Balaban J connectivity index is 1.26. The molecule has 4 saturated carbocycles. The summed E-state index contributed by atoms with van der Waals surface area (Å²) in [5.41, 5.74) is 0.827. The summed E-state index contributed by atoms with van der Waals surface area (Å²) < 4.78 is 5.43. The Kier molecular flexibility index (Phi) is 6.75. The number of morpholine rings is 1.